The number of hydrogen-bond acceptors (Lipinski definition) is 3. The van der Waals surface area contributed by atoms with Gasteiger partial charge in [0.15, 0.2) is 11.6 Å². The number of halogens is 2. The molecule has 0 aromatic heterocycles. The molecule has 1 amide bonds. The number of hydrogen-bond donors (Lipinski definition) is 3. The van der Waals surface area contributed by atoms with Crippen molar-refractivity contribution in [3.05, 3.63) is 35.4 Å². The second-order valence-corrected chi connectivity index (χ2v) is 3.90. The van der Waals surface area contributed by atoms with Gasteiger partial charge in [0.2, 0.25) is 0 Å². The molecule has 1 aromatic rings. The summed E-state index contributed by atoms with van der Waals surface area (Å²) in [6.07, 6.45) is -0.851. The zero-order valence-electron chi connectivity index (χ0n) is 10.1. The number of benzene rings is 1. The van der Waals surface area contributed by atoms with Crippen molar-refractivity contribution in [3.8, 4) is 0 Å². The minimum atomic E-state index is -1.50. The molecule has 1 aromatic carbocycles. The zero-order valence-corrected chi connectivity index (χ0v) is 10.1. The van der Waals surface area contributed by atoms with Gasteiger partial charge in [-0.15, -0.1) is 0 Å². The molecule has 20 heavy (non-hydrogen) atoms. The third kappa shape index (κ3) is 4.01. The number of aliphatic carboxylic acids is 2. The van der Waals surface area contributed by atoms with Crippen LogP contribution in [0.15, 0.2) is 18.2 Å². The van der Waals surface area contributed by atoms with Crippen LogP contribution in [0.2, 0.25) is 0 Å². The van der Waals surface area contributed by atoms with Gasteiger partial charge in [-0.25, -0.2) is 13.6 Å². The molecule has 0 heterocycles. The van der Waals surface area contributed by atoms with E-state index < -0.39 is 47.5 Å². The average Bonchev–Trinajstić information content (AvgIpc) is 2.36. The molecule has 0 aliphatic rings. The summed E-state index contributed by atoms with van der Waals surface area (Å²) >= 11 is 0. The third-order valence-electron chi connectivity index (χ3n) is 2.45. The summed E-state index contributed by atoms with van der Waals surface area (Å²) in [5, 5.41) is 19.2. The molecule has 8 heteroatoms. The van der Waals surface area contributed by atoms with Gasteiger partial charge in [0.1, 0.15) is 6.04 Å². The van der Waals surface area contributed by atoms with E-state index in [2.05, 4.69) is 0 Å². The number of carbonyl (C=O) groups is 3. The Bertz CT molecular complexity index is 547. The molecule has 0 fully saturated rings. The first-order valence-electron chi connectivity index (χ1n) is 5.52. The Morgan fingerprint density at radius 3 is 2.40 bits per heavy atom. The van der Waals surface area contributed by atoms with Gasteiger partial charge in [0, 0.05) is 6.42 Å². The van der Waals surface area contributed by atoms with Crippen molar-refractivity contribution in [2.24, 2.45) is 0 Å². The van der Waals surface area contributed by atoms with Crippen LogP contribution in [0.4, 0.5) is 8.78 Å². The van der Waals surface area contributed by atoms with Crippen LogP contribution in [0.1, 0.15) is 23.2 Å². The number of carboxylic acids is 2. The van der Waals surface area contributed by atoms with E-state index >= 15 is 0 Å². The Hall–Kier alpha value is -2.51. The van der Waals surface area contributed by atoms with Crippen molar-refractivity contribution in [2.75, 3.05) is 0 Å². The minimum Gasteiger partial charge on any atom is -0.481 e. The molecule has 1 rings (SSSR count). The molecule has 0 spiro atoms. The molecule has 0 aliphatic carbocycles. The van der Waals surface area contributed by atoms with E-state index in [1.807, 2.05) is 5.32 Å². The maximum absolute atomic E-state index is 13.3. The SMILES string of the molecule is O=C(O)CC[C@H](NC(=O)c1cccc(F)c1F)C(=O)O. The van der Waals surface area contributed by atoms with Crippen LogP contribution in [-0.2, 0) is 9.59 Å². The lowest BCUT2D eigenvalue weighted by Gasteiger charge is -2.13. The lowest BCUT2D eigenvalue weighted by molar-refractivity contribution is -0.140. The molecular formula is C12H11F2NO5. The molecule has 3 N–H and O–H groups in total. The minimum absolute atomic E-state index is 0.368. The van der Waals surface area contributed by atoms with Crippen molar-refractivity contribution in [3.63, 3.8) is 0 Å². The number of carbonyl (C=O) groups excluding carboxylic acids is 1. The number of carboxylic acid groups (broad SMARTS) is 2. The van der Waals surface area contributed by atoms with Gasteiger partial charge in [-0.1, -0.05) is 6.07 Å². The van der Waals surface area contributed by atoms with Crippen molar-refractivity contribution in [1.82, 2.24) is 5.32 Å². The van der Waals surface area contributed by atoms with E-state index in [1.54, 1.807) is 0 Å². The number of rotatable bonds is 6. The predicted molar refractivity (Wildman–Crippen MR) is 62.1 cm³/mol. The Labute approximate surface area is 112 Å². The summed E-state index contributed by atoms with van der Waals surface area (Å²) in [5.41, 5.74) is -0.647. The van der Waals surface area contributed by atoms with Gasteiger partial charge >= 0.3 is 11.9 Å². The molecule has 1 atom stereocenters. The van der Waals surface area contributed by atoms with Crippen molar-refractivity contribution < 1.29 is 33.4 Å². The predicted octanol–water partition coefficient (Wildman–Crippen LogP) is 1.01. The van der Waals surface area contributed by atoms with Gasteiger partial charge in [0.05, 0.1) is 5.56 Å². The maximum atomic E-state index is 13.3. The summed E-state index contributed by atoms with van der Waals surface area (Å²) in [4.78, 5) is 32.9. The van der Waals surface area contributed by atoms with Crippen LogP contribution in [-0.4, -0.2) is 34.1 Å². The fourth-order valence-electron chi connectivity index (χ4n) is 1.44. The van der Waals surface area contributed by atoms with Crippen LogP contribution in [0.3, 0.4) is 0 Å². The second kappa shape index (κ2) is 6.60. The number of nitrogens with one attached hydrogen (secondary N) is 1. The lowest BCUT2D eigenvalue weighted by Crippen LogP contribution is -2.41. The quantitative estimate of drug-likeness (QED) is 0.724. The van der Waals surface area contributed by atoms with Crippen LogP contribution in [0, 0.1) is 11.6 Å². The molecule has 108 valence electrons. The van der Waals surface area contributed by atoms with Gasteiger partial charge in [0.25, 0.3) is 5.91 Å². The van der Waals surface area contributed by atoms with Crippen LogP contribution in [0.25, 0.3) is 0 Å². The smallest absolute Gasteiger partial charge is 0.326 e. The van der Waals surface area contributed by atoms with Crippen molar-refractivity contribution in [1.29, 1.82) is 0 Å². The molecule has 0 bridgehead atoms. The Morgan fingerprint density at radius 2 is 1.85 bits per heavy atom. The van der Waals surface area contributed by atoms with Crippen LogP contribution in [0.5, 0.6) is 0 Å². The van der Waals surface area contributed by atoms with Gasteiger partial charge in [-0.3, -0.25) is 9.59 Å². The number of amides is 1. The Kier molecular flexibility index (Phi) is 5.13. The molecule has 6 nitrogen and oxygen atoms in total. The summed E-state index contributed by atoms with van der Waals surface area (Å²) in [5.74, 6) is -6.46. The highest BCUT2D eigenvalue weighted by molar-refractivity contribution is 5.96. The van der Waals surface area contributed by atoms with Crippen LogP contribution < -0.4 is 5.32 Å². The maximum Gasteiger partial charge on any atom is 0.326 e. The first-order chi connectivity index (χ1) is 9.32. The zero-order chi connectivity index (χ0) is 15.3. The Balaban J connectivity index is 2.83. The van der Waals surface area contributed by atoms with E-state index in [1.165, 1.54) is 0 Å². The summed E-state index contributed by atoms with van der Waals surface area (Å²) in [6.45, 7) is 0. The fourth-order valence-corrected chi connectivity index (χ4v) is 1.44. The summed E-state index contributed by atoms with van der Waals surface area (Å²) < 4.78 is 26.3. The monoisotopic (exact) mass is 287 g/mol. The average molecular weight is 287 g/mol. The van der Waals surface area contributed by atoms with E-state index in [9.17, 15) is 23.2 Å². The molecule has 0 saturated heterocycles. The van der Waals surface area contributed by atoms with Gasteiger partial charge < -0.3 is 15.5 Å². The highest BCUT2D eigenvalue weighted by Gasteiger charge is 2.23. The standard InChI is InChI=1S/C12H11F2NO5/c13-7-3-1-2-6(10(7)14)11(18)15-8(12(19)20)4-5-9(16)17/h1-3,8H,4-5H2,(H,15,18)(H,16,17)(H,19,20)/t8-/m0/s1. The van der Waals surface area contributed by atoms with E-state index in [0.29, 0.717) is 0 Å². The highest BCUT2D eigenvalue weighted by atomic mass is 19.2. The Morgan fingerprint density at radius 1 is 1.20 bits per heavy atom. The van der Waals surface area contributed by atoms with Crippen molar-refractivity contribution in [2.45, 2.75) is 18.9 Å². The van der Waals surface area contributed by atoms with E-state index in [-0.39, 0.29) is 6.42 Å². The van der Waals surface area contributed by atoms with Crippen LogP contribution >= 0.6 is 0 Å². The molecule has 0 aliphatic heterocycles. The normalized spacial score (nSPS) is 11.7. The third-order valence-corrected chi connectivity index (χ3v) is 2.45. The summed E-state index contributed by atoms with van der Waals surface area (Å²) in [6, 6.07) is 1.40. The summed E-state index contributed by atoms with van der Waals surface area (Å²) in [7, 11) is 0. The largest absolute Gasteiger partial charge is 0.481 e. The van der Waals surface area contributed by atoms with Gasteiger partial charge in [-0.2, -0.15) is 0 Å². The first-order valence-corrected chi connectivity index (χ1v) is 5.52. The second-order valence-electron chi connectivity index (χ2n) is 3.90. The molecule has 0 saturated carbocycles. The van der Waals surface area contributed by atoms with Gasteiger partial charge in [-0.05, 0) is 18.6 Å². The van der Waals surface area contributed by atoms with E-state index in [0.717, 1.165) is 18.2 Å². The fraction of sp³-hybridized carbons (Fsp3) is 0.250. The van der Waals surface area contributed by atoms with E-state index in [4.69, 9.17) is 10.2 Å². The lowest BCUT2D eigenvalue weighted by atomic mass is 10.1. The van der Waals surface area contributed by atoms with Crippen molar-refractivity contribution >= 4 is 17.8 Å². The molecule has 0 radical (unpaired) electrons. The highest BCUT2D eigenvalue weighted by Crippen LogP contribution is 2.12. The first kappa shape index (κ1) is 15.5. The topological polar surface area (TPSA) is 104 Å². The molecular weight excluding hydrogens is 276 g/mol. The molecule has 0 unspecified atom stereocenters.